The predicted octanol–water partition coefficient (Wildman–Crippen LogP) is 3.35. The van der Waals surface area contributed by atoms with E-state index in [-0.39, 0.29) is 0 Å². The van der Waals surface area contributed by atoms with Gasteiger partial charge in [0, 0.05) is 0 Å². The molecule has 0 aliphatic heterocycles. The summed E-state index contributed by atoms with van der Waals surface area (Å²) in [7, 11) is 0. The molecular weight excluding hydrogens is 108 g/mol. The van der Waals surface area contributed by atoms with Crippen LogP contribution in [-0.2, 0) is 0 Å². The van der Waals surface area contributed by atoms with Crippen molar-refractivity contribution in [1.29, 1.82) is 0 Å². The SMILES string of the molecule is [CH2]CC(=CCCC)CC. The summed E-state index contributed by atoms with van der Waals surface area (Å²) >= 11 is 0. The Labute approximate surface area is 59.0 Å². The van der Waals surface area contributed by atoms with Crippen LogP contribution >= 0.6 is 0 Å². The monoisotopic (exact) mass is 125 g/mol. The highest BCUT2D eigenvalue weighted by molar-refractivity contribution is 5.01. The Kier molecular flexibility index (Phi) is 5.70. The molecule has 0 aromatic heterocycles. The molecule has 0 atom stereocenters. The Bertz CT molecular complexity index is 74.0. The normalized spacial score (nSPS) is 12.1. The first-order chi connectivity index (χ1) is 4.35. The molecule has 0 rings (SSSR count). The molecule has 0 nitrogen and oxygen atoms in total. The summed E-state index contributed by atoms with van der Waals surface area (Å²) in [5, 5.41) is 0. The van der Waals surface area contributed by atoms with Crippen LogP contribution < -0.4 is 0 Å². The molecule has 0 heteroatoms. The van der Waals surface area contributed by atoms with Gasteiger partial charge >= 0.3 is 0 Å². The molecule has 0 N–H and O–H groups in total. The maximum Gasteiger partial charge on any atom is -0.0320 e. The van der Waals surface area contributed by atoms with Gasteiger partial charge < -0.3 is 0 Å². The van der Waals surface area contributed by atoms with Crippen molar-refractivity contribution in [3.63, 3.8) is 0 Å². The zero-order valence-corrected chi connectivity index (χ0v) is 6.61. The van der Waals surface area contributed by atoms with Gasteiger partial charge in [-0.3, -0.25) is 0 Å². The highest BCUT2D eigenvalue weighted by atomic mass is 13.9. The molecule has 0 amide bonds. The Hall–Kier alpha value is -0.260. The summed E-state index contributed by atoms with van der Waals surface area (Å²) < 4.78 is 0. The fraction of sp³-hybridized carbons (Fsp3) is 0.667. The number of hydrogen-bond donors (Lipinski definition) is 0. The van der Waals surface area contributed by atoms with E-state index in [2.05, 4.69) is 26.8 Å². The molecule has 0 heterocycles. The molecular formula is C9H17. The van der Waals surface area contributed by atoms with Gasteiger partial charge in [0.15, 0.2) is 0 Å². The van der Waals surface area contributed by atoms with E-state index >= 15 is 0 Å². The van der Waals surface area contributed by atoms with E-state index in [9.17, 15) is 0 Å². The lowest BCUT2D eigenvalue weighted by atomic mass is 10.1. The van der Waals surface area contributed by atoms with Crippen molar-refractivity contribution in [2.75, 3.05) is 0 Å². The molecule has 0 spiro atoms. The summed E-state index contributed by atoms with van der Waals surface area (Å²) in [6.45, 7) is 8.23. The minimum Gasteiger partial charge on any atom is -0.0854 e. The second kappa shape index (κ2) is 5.87. The van der Waals surface area contributed by atoms with Gasteiger partial charge in [-0.15, -0.1) is 0 Å². The smallest absolute Gasteiger partial charge is 0.0320 e. The van der Waals surface area contributed by atoms with Gasteiger partial charge in [0.1, 0.15) is 0 Å². The van der Waals surface area contributed by atoms with Crippen molar-refractivity contribution < 1.29 is 0 Å². The Balaban J connectivity index is 3.48. The molecule has 0 aliphatic rings. The standard InChI is InChI=1S/C9H17/c1-4-7-8-9(5-2)6-3/h8H,2,4-7H2,1,3H3. The van der Waals surface area contributed by atoms with Crippen LogP contribution in [0.5, 0.6) is 0 Å². The van der Waals surface area contributed by atoms with Crippen molar-refractivity contribution in [3.8, 4) is 0 Å². The molecule has 0 aliphatic carbocycles. The minimum atomic E-state index is 0.983. The fourth-order valence-electron chi connectivity index (χ4n) is 0.772. The molecule has 0 unspecified atom stereocenters. The predicted molar refractivity (Wildman–Crippen MR) is 43.3 cm³/mol. The minimum absolute atomic E-state index is 0.983. The maximum absolute atomic E-state index is 3.84. The summed E-state index contributed by atoms with van der Waals surface area (Å²) in [5.74, 6) is 0. The molecule has 0 aromatic rings. The first-order valence-electron chi connectivity index (χ1n) is 3.82. The van der Waals surface area contributed by atoms with Crippen molar-refractivity contribution >= 4 is 0 Å². The molecule has 0 aromatic carbocycles. The van der Waals surface area contributed by atoms with Crippen LogP contribution in [0.2, 0.25) is 0 Å². The van der Waals surface area contributed by atoms with E-state index in [1.165, 1.54) is 24.8 Å². The van der Waals surface area contributed by atoms with Crippen molar-refractivity contribution in [2.24, 2.45) is 0 Å². The van der Waals surface area contributed by atoms with Crippen molar-refractivity contribution in [3.05, 3.63) is 18.6 Å². The van der Waals surface area contributed by atoms with Gasteiger partial charge in [-0.1, -0.05) is 31.9 Å². The van der Waals surface area contributed by atoms with Crippen molar-refractivity contribution in [2.45, 2.75) is 39.5 Å². The van der Waals surface area contributed by atoms with Gasteiger partial charge in [0.2, 0.25) is 0 Å². The van der Waals surface area contributed by atoms with Crippen LogP contribution in [0.25, 0.3) is 0 Å². The first-order valence-corrected chi connectivity index (χ1v) is 3.82. The van der Waals surface area contributed by atoms with E-state index in [0.717, 1.165) is 6.42 Å². The van der Waals surface area contributed by atoms with E-state index in [1.807, 2.05) is 0 Å². The van der Waals surface area contributed by atoms with Crippen LogP contribution in [0.1, 0.15) is 39.5 Å². The van der Waals surface area contributed by atoms with Crippen LogP contribution in [-0.4, -0.2) is 0 Å². The number of rotatable bonds is 4. The van der Waals surface area contributed by atoms with E-state index in [4.69, 9.17) is 0 Å². The van der Waals surface area contributed by atoms with Crippen molar-refractivity contribution in [1.82, 2.24) is 0 Å². The third-order valence-corrected chi connectivity index (χ3v) is 1.50. The summed E-state index contributed by atoms with van der Waals surface area (Å²) in [5.41, 5.74) is 1.50. The number of hydrogen-bond acceptors (Lipinski definition) is 0. The largest absolute Gasteiger partial charge is 0.0854 e. The average molecular weight is 125 g/mol. The molecule has 53 valence electrons. The Morgan fingerprint density at radius 1 is 1.44 bits per heavy atom. The lowest BCUT2D eigenvalue weighted by Crippen LogP contribution is -1.76. The maximum atomic E-state index is 3.84. The van der Waals surface area contributed by atoms with Gasteiger partial charge in [-0.05, 0) is 26.2 Å². The fourth-order valence-corrected chi connectivity index (χ4v) is 0.772. The molecule has 0 saturated carbocycles. The molecule has 0 saturated heterocycles. The topological polar surface area (TPSA) is 0 Å². The van der Waals surface area contributed by atoms with Crippen LogP contribution in [0, 0.1) is 6.92 Å². The average Bonchev–Trinajstić information content (AvgIpc) is 1.91. The quantitative estimate of drug-likeness (QED) is 0.505. The lowest BCUT2D eigenvalue weighted by Gasteiger charge is -1.97. The van der Waals surface area contributed by atoms with Gasteiger partial charge in [-0.25, -0.2) is 0 Å². The van der Waals surface area contributed by atoms with Crippen LogP contribution in [0.15, 0.2) is 11.6 Å². The number of allylic oxidation sites excluding steroid dienone is 2. The summed E-state index contributed by atoms with van der Waals surface area (Å²) in [6, 6.07) is 0. The molecule has 1 radical (unpaired) electrons. The van der Waals surface area contributed by atoms with E-state index in [1.54, 1.807) is 0 Å². The summed E-state index contributed by atoms with van der Waals surface area (Å²) in [4.78, 5) is 0. The molecule has 0 fully saturated rings. The second-order valence-electron chi connectivity index (χ2n) is 2.25. The van der Waals surface area contributed by atoms with Gasteiger partial charge in [0.05, 0.1) is 0 Å². The van der Waals surface area contributed by atoms with Crippen LogP contribution in [0.3, 0.4) is 0 Å². The zero-order valence-electron chi connectivity index (χ0n) is 6.61. The zero-order chi connectivity index (χ0) is 7.11. The number of unbranched alkanes of at least 4 members (excludes halogenated alkanes) is 1. The third kappa shape index (κ3) is 4.26. The Morgan fingerprint density at radius 2 is 2.11 bits per heavy atom. The van der Waals surface area contributed by atoms with Gasteiger partial charge in [-0.2, -0.15) is 0 Å². The second-order valence-corrected chi connectivity index (χ2v) is 2.25. The lowest BCUT2D eigenvalue weighted by molar-refractivity contribution is 0.919. The highest BCUT2D eigenvalue weighted by Gasteiger charge is 1.86. The Morgan fingerprint density at radius 3 is 2.44 bits per heavy atom. The summed E-state index contributed by atoms with van der Waals surface area (Å²) in [6.07, 6.45) is 6.94. The highest BCUT2D eigenvalue weighted by Crippen LogP contribution is 2.06. The van der Waals surface area contributed by atoms with Crippen LogP contribution in [0.4, 0.5) is 0 Å². The first kappa shape index (κ1) is 8.74. The van der Waals surface area contributed by atoms with E-state index in [0.29, 0.717) is 0 Å². The molecule has 0 bridgehead atoms. The van der Waals surface area contributed by atoms with Gasteiger partial charge in [0.25, 0.3) is 0 Å². The third-order valence-electron chi connectivity index (χ3n) is 1.50. The van der Waals surface area contributed by atoms with E-state index < -0.39 is 0 Å². The molecule has 9 heavy (non-hydrogen) atoms.